The van der Waals surface area contributed by atoms with Crippen LogP contribution in [-0.2, 0) is 4.79 Å². The highest BCUT2D eigenvalue weighted by Gasteiger charge is 2.15. The summed E-state index contributed by atoms with van der Waals surface area (Å²) in [6.07, 6.45) is 1.73. The number of aromatic nitrogens is 3. The van der Waals surface area contributed by atoms with Crippen LogP contribution in [-0.4, -0.2) is 50.6 Å². The molecule has 0 aliphatic carbocycles. The fourth-order valence-electron chi connectivity index (χ4n) is 2.48. The second-order valence-corrected chi connectivity index (χ2v) is 5.96. The van der Waals surface area contributed by atoms with Crippen molar-refractivity contribution in [3.05, 3.63) is 48.4 Å². The minimum atomic E-state index is -1.35. The minimum Gasteiger partial charge on any atom is -0.383 e. The van der Waals surface area contributed by atoms with E-state index >= 15 is 0 Å². The molecule has 0 unspecified atom stereocenters. The van der Waals surface area contributed by atoms with Crippen LogP contribution in [0.4, 0.5) is 5.82 Å². The van der Waals surface area contributed by atoms with Crippen LogP contribution < -0.4 is 5.73 Å². The highest BCUT2D eigenvalue weighted by Crippen LogP contribution is 2.24. The molecule has 1 amide bonds. The smallest absolute Gasteiger partial charge is 0.263 e. The van der Waals surface area contributed by atoms with E-state index in [-0.39, 0.29) is 0 Å². The van der Waals surface area contributed by atoms with Gasteiger partial charge in [0.1, 0.15) is 12.1 Å². The number of rotatable bonds is 3. The third-order valence-electron chi connectivity index (χ3n) is 4.15. The van der Waals surface area contributed by atoms with E-state index in [2.05, 4.69) is 26.8 Å². The largest absolute Gasteiger partial charge is 0.383 e. The van der Waals surface area contributed by atoms with E-state index in [0.717, 1.165) is 11.1 Å². The number of carbonyl (C=O) groups excluding carboxylic acids is 1. The van der Waals surface area contributed by atoms with E-state index in [1.165, 1.54) is 11.2 Å². The topological polar surface area (TPSA) is 105 Å². The van der Waals surface area contributed by atoms with Gasteiger partial charge in [-0.1, -0.05) is 24.0 Å². The number of nitrogens with zero attached hydrogens (tertiary/aromatic N) is 4. The number of carbonyl (C=O) groups is 1. The summed E-state index contributed by atoms with van der Waals surface area (Å²) in [4.78, 5) is 25.7. The lowest BCUT2D eigenvalue weighted by atomic mass is 10.0. The summed E-state index contributed by atoms with van der Waals surface area (Å²) in [5.74, 6) is 5.38. The Bertz CT molecular complexity index is 1050. The molecule has 0 saturated carbocycles. The highest BCUT2D eigenvalue weighted by atomic mass is 16.3. The number of aliphatic hydroxyl groups is 1. The maximum Gasteiger partial charge on any atom is 0.263 e. The fraction of sp³-hybridized carbons (Fsp3) is 0.200. The van der Waals surface area contributed by atoms with Crippen molar-refractivity contribution in [3.8, 4) is 23.0 Å². The molecular formula is C20H19N5O2. The minimum absolute atomic E-state index is 0.368. The number of benzene rings is 1. The summed E-state index contributed by atoms with van der Waals surface area (Å²) in [6.45, 7) is 2.34. The zero-order valence-corrected chi connectivity index (χ0v) is 15.0. The average molecular weight is 361 g/mol. The van der Waals surface area contributed by atoms with Crippen molar-refractivity contribution in [1.29, 1.82) is 0 Å². The Morgan fingerprint density at radius 1 is 1.26 bits per heavy atom. The Kier molecular flexibility index (Phi) is 5.29. The third kappa shape index (κ3) is 4.02. The summed E-state index contributed by atoms with van der Waals surface area (Å²) < 4.78 is 0. The first-order valence-electron chi connectivity index (χ1n) is 8.41. The molecule has 3 rings (SSSR count). The van der Waals surface area contributed by atoms with Crippen LogP contribution in [0.5, 0.6) is 0 Å². The number of likely N-dealkylation sites (N-methyl/N-ethyl adjacent to an activating group) is 1. The molecule has 0 bridgehead atoms. The molecule has 3 N–H and O–H groups in total. The number of amides is 1. The SMILES string of the molecule is CCN(C)C(=O)[C@H](O)C#Cc1cccc(-c2cnc3ncnc(N)c3c2)c1. The molecule has 1 aromatic carbocycles. The van der Waals surface area contributed by atoms with Crippen LogP contribution in [0, 0.1) is 11.8 Å². The van der Waals surface area contributed by atoms with E-state index in [1.807, 2.05) is 37.3 Å². The summed E-state index contributed by atoms with van der Waals surface area (Å²) in [6, 6.07) is 9.31. The summed E-state index contributed by atoms with van der Waals surface area (Å²) in [7, 11) is 1.62. The lowest BCUT2D eigenvalue weighted by Gasteiger charge is -2.15. The number of nitrogen functional groups attached to an aromatic ring is 1. The van der Waals surface area contributed by atoms with Crippen LogP contribution in [0.2, 0.25) is 0 Å². The zero-order valence-electron chi connectivity index (χ0n) is 15.0. The first-order chi connectivity index (χ1) is 13.0. The van der Waals surface area contributed by atoms with E-state index in [1.54, 1.807) is 13.2 Å². The van der Waals surface area contributed by atoms with Gasteiger partial charge in [0.05, 0.1) is 5.39 Å². The molecule has 7 heteroatoms. The van der Waals surface area contributed by atoms with Gasteiger partial charge in [0.2, 0.25) is 0 Å². The van der Waals surface area contributed by atoms with Crippen LogP contribution in [0.15, 0.2) is 42.9 Å². The van der Waals surface area contributed by atoms with Crippen molar-refractivity contribution in [1.82, 2.24) is 19.9 Å². The zero-order chi connectivity index (χ0) is 19.4. The van der Waals surface area contributed by atoms with Crippen LogP contribution in [0.25, 0.3) is 22.2 Å². The number of pyridine rings is 1. The summed E-state index contributed by atoms with van der Waals surface area (Å²) in [5.41, 5.74) is 8.83. The maximum absolute atomic E-state index is 11.9. The molecule has 0 radical (unpaired) electrons. The molecule has 27 heavy (non-hydrogen) atoms. The first kappa shape index (κ1) is 18.3. The van der Waals surface area contributed by atoms with E-state index in [9.17, 15) is 9.90 Å². The first-order valence-corrected chi connectivity index (χ1v) is 8.41. The van der Waals surface area contributed by atoms with Gasteiger partial charge >= 0.3 is 0 Å². The van der Waals surface area contributed by atoms with Gasteiger partial charge in [-0.05, 0) is 30.7 Å². The normalized spacial score (nSPS) is 11.5. The number of fused-ring (bicyclic) bond motifs is 1. The van der Waals surface area contributed by atoms with Crippen LogP contribution in [0.3, 0.4) is 0 Å². The Morgan fingerprint density at radius 3 is 2.85 bits per heavy atom. The summed E-state index contributed by atoms with van der Waals surface area (Å²) in [5, 5.41) is 10.6. The van der Waals surface area contributed by atoms with Gasteiger partial charge in [-0.15, -0.1) is 0 Å². The molecular weight excluding hydrogens is 342 g/mol. The van der Waals surface area contributed by atoms with Gasteiger partial charge in [-0.2, -0.15) is 0 Å². The van der Waals surface area contributed by atoms with E-state index in [4.69, 9.17) is 5.73 Å². The van der Waals surface area contributed by atoms with Crippen molar-refractivity contribution in [2.24, 2.45) is 0 Å². The Morgan fingerprint density at radius 2 is 2.07 bits per heavy atom. The third-order valence-corrected chi connectivity index (χ3v) is 4.15. The molecule has 0 aliphatic rings. The van der Waals surface area contributed by atoms with Gasteiger partial charge in [0.25, 0.3) is 5.91 Å². The van der Waals surface area contributed by atoms with Crippen LogP contribution in [0.1, 0.15) is 12.5 Å². The molecule has 1 atom stereocenters. The maximum atomic E-state index is 11.9. The van der Waals surface area contributed by atoms with Gasteiger partial charge in [-0.3, -0.25) is 4.79 Å². The van der Waals surface area contributed by atoms with Crippen molar-refractivity contribution in [3.63, 3.8) is 0 Å². The second kappa shape index (κ2) is 7.81. The predicted octanol–water partition coefficient (Wildman–Crippen LogP) is 1.46. The van der Waals surface area contributed by atoms with Gasteiger partial charge in [0, 0.05) is 30.9 Å². The van der Waals surface area contributed by atoms with E-state index in [0.29, 0.717) is 29.0 Å². The van der Waals surface area contributed by atoms with Crippen molar-refractivity contribution in [2.75, 3.05) is 19.3 Å². The second-order valence-electron chi connectivity index (χ2n) is 5.96. The molecule has 2 aromatic heterocycles. The van der Waals surface area contributed by atoms with Gasteiger partial charge < -0.3 is 15.7 Å². The molecule has 2 heterocycles. The number of hydrogen-bond acceptors (Lipinski definition) is 6. The standard InChI is InChI=1S/C20H19N5O2/c1-3-25(2)20(27)17(26)8-7-13-5-4-6-14(9-13)15-10-16-18(21)23-12-24-19(16)22-11-15/h4-6,9-12,17,26H,3H2,1-2H3,(H2,21,22,23,24)/t17-/m1/s1. The Hall–Kier alpha value is -3.50. The van der Waals surface area contributed by atoms with Crippen LogP contribution >= 0.6 is 0 Å². The predicted molar refractivity (Wildman–Crippen MR) is 103 cm³/mol. The quantitative estimate of drug-likeness (QED) is 0.685. The average Bonchev–Trinajstić information content (AvgIpc) is 2.71. The molecule has 136 valence electrons. The fourth-order valence-corrected chi connectivity index (χ4v) is 2.48. The highest BCUT2D eigenvalue weighted by molar-refractivity contribution is 5.88. The number of nitrogens with two attached hydrogens (primary N) is 1. The summed E-state index contributed by atoms with van der Waals surface area (Å²) >= 11 is 0. The lowest BCUT2D eigenvalue weighted by molar-refractivity contribution is -0.135. The van der Waals surface area contributed by atoms with Crippen molar-refractivity contribution in [2.45, 2.75) is 13.0 Å². The molecule has 0 spiro atoms. The number of aliphatic hydroxyl groups excluding tert-OH is 1. The molecule has 0 fully saturated rings. The molecule has 0 saturated heterocycles. The Labute approximate surface area is 156 Å². The van der Waals surface area contributed by atoms with Crippen molar-refractivity contribution < 1.29 is 9.90 Å². The lowest BCUT2D eigenvalue weighted by Crippen LogP contribution is -2.35. The van der Waals surface area contributed by atoms with Gasteiger partial charge in [-0.25, -0.2) is 15.0 Å². The Balaban J connectivity index is 1.90. The molecule has 7 nitrogen and oxygen atoms in total. The number of hydrogen-bond donors (Lipinski definition) is 2. The molecule has 0 aliphatic heterocycles. The molecule has 3 aromatic rings. The number of anilines is 1. The monoisotopic (exact) mass is 361 g/mol. The van der Waals surface area contributed by atoms with E-state index < -0.39 is 12.0 Å². The van der Waals surface area contributed by atoms with Gasteiger partial charge in [0.15, 0.2) is 11.8 Å². The van der Waals surface area contributed by atoms with Crippen molar-refractivity contribution >= 4 is 22.8 Å².